The molecule has 0 spiro atoms. The van der Waals surface area contributed by atoms with Crippen molar-refractivity contribution >= 4 is 63.6 Å². The van der Waals surface area contributed by atoms with Gasteiger partial charge in [-0.25, -0.2) is 4.98 Å². The van der Waals surface area contributed by atoms with Gasteiger partial charge < -0.3 is 26.0 Å². The third-order valence-electron chi connectivity index (χ3n) is 12.4. The topological polar surface area (TPSA) is 184 Å². The zero-order valence-corrected chi connectivity index (χ0v) is 38.7. The van der Waals surface area contributed by atoms with Crippen LogP contribution in [0.5, 0.6) is 0 Å². The highest BCUT2D eigenvalue weighted by atomic mass is 35.5. The molecule has 2 aromatic carbocycles. The van der Waals surface area contributed by atoms with Crippen molar-refractivity contribution < 1.29 is 24.3 Å². The molecule has 1 saturated heterocycles. The number of aryl methyl sites for hydroxylation is 3. The van der Waals surface area contributed by atoms with Crippen molar-refractivity contribution in [1.82, 2.24) is 40.6 Å². The number of nitrogens with one attached hydrogen (secondary N) is 3. The predicted octanol–water partition coefficient (Wildman–Crippen LogP) is 6.33. The zero-order chi connectivity index (χ0) is 44.9. The molecule has 1 saturated carbocycles. The van der Waals surface area contributed by atoms with Crippen LogP contribution in [0, 0.1) is 39.0 Å². The Hall–Kier alpha value is -5.29. The molecule has 1 aliphatic carbocycles. The van der Waals surface area contributed by atoms with Crippen molar-refractivity contribution in [1.29, 1.82) is 0 Å². The first kappa shape index (κ1) is 44.3. The van der Waals surface area contributed by atoms with Gasteiger partial charge in [-0.2, -0.15) is 0 Å². The standard InChI is InChI=1S/C46H52ClN9O5S2/c1-23-25(3)63-45-37(23)38(28-12-14-30(47)15-13-28)51-34(41-54-53-26(4)56(41)45)19-36(58)50-33-17-16-32(33)42(59)52-40(46(5,6)7)44(61)55-21-31(57)18-35(55)43(60)48-20-27-8-10-29(11-9-27)39-24(2)49-22-62-39/h8-15,22,31-35,40,57H,16-21H2,1-7H3,(H,48,60)(H,50,58)(H,52,59)/t31-,32?,33?,34+,35+,40?/m1/s1. The number of thiophene rings is 1. The van der Waals surface area contributed by atoms with Gasteiger partial charge in [-0.05, 0) is 74.8 Å². The fraction of sp³-hybridized carbons (Fsp3) is 0.435. The summed E-state index contributed by atoms with van der Waals surface area (Å²) in [6.45, 7) is 13.8. The second-order valence-corrected chi connectivity index (χ2v) is 20.3. The Bertz CT molecular complexity index is 2590. The lowest BCUT2D eigenvalue weighted by Crippen LogP contribution is -2.61. The van der Waals surface area contributed by atoms with Crippen LogP contribution in [0.2, 0.25) is 5.02 Å². The molecule has 2 fully saturated rings. The van der Waals surface area contributed by atoms with Crippen LogP contribution >= 0.6 is 34.3 Å². The van der Waals surface area contributed by atoms with Crippen LogP contribution in [0.25, 0.3) is 15.4 Å². The minimum absolute atomic E-state index is 0.0330. The molecule has 0 radical (unpaired) electrons. The molecule has 330 valence electrons. The number of likely N-dealkylation sites (tertiary alicyclic amines) is 1. The molecule has 3 aliphatic rings. The number of amides is 4. The third-order valence-corrected chi connectivity index (χ3v) is 14.8. The molecule has 17 heteroatoms. The Morgan fingerprint density at radius 1 is 0.952 bits per heavy atom. The van der Waals surface area contributed by atoms with Gasteiger partial charge in [0, 0.05) is 46.6 Å². The lowest BCUT2D eigenvalue weighted by atomic mass is 9.77. The SMILES string of the molecule is Cc1ncsc1-c1ccc(CNC(=O)[C@@H]2C[C@@H](O)CN2C(=O)C(NC(=O)C2CCC2NC(=O)C[C@@H]2N=C(c3ccc(Cl)cc3)c3c(sc(C)c3C)-n3c(C)nnc32)C(C)(C)C)cc1. The Morgan fingerprint density at radius 3 is 2.32 bits per heavy atom. The summed E-state index contributed by atoms with van der Waals surface area (Å²) in [7, 11) is 0. The van der Waals surface area contributed by atoms with Crippen molar-refractivity contribution in [2.24, 2.45) is 16.3 Å². The quantitative estimate of drug-likeness (QED) is 0.119. The number of β-amino-alcohol motifs (C(OH)–C–C–N with tert-alkyl or cyclic N) is 1. The van der Waals surface area contributed by atoms with Gasteiger partial charge >= 0.3 is 0 Å². The summed E-state index contributed by atoms with van der Waals surface area (Å²) in [4.78, 5) is 69.1. The smallest absolute Gasteiger partial charge is 0.246 e. The molecule has 8 rings (SSSR count). The highest BCUT2D eigenvalue weighted by Gasteiger charge is 2.46. The molecule has 3 unspecified atom stereocenters. The van der Waals surface area contributed by atoms with E-state index in [1.807, 2.05) is 93.2 Å². The minimum atomic E-state index is -1.00. The van der Waals surface area contributed by atoms with E-state index < -0.39 is 47.5 Å². The first-order chi connectivity index (χ1) is 30.0. The van der Waals surface area contributed by atoms with Gasteiger partial charge in [-0.3, -0.25) is 28.7 Å². The molecular formula is C46H52ClN9O5S2. The maximum atomic E-state index is 14.3. The minimum Gasteiger partial charge on any atom is -0.391 e. The van der Waals surface area contributed by atoms with Crippen molar-refractivity contribution in [2.75, 3.05) is 6.54 Å². The number of aliphatic hydroxyl groups excluding tert-OH is 1. The van der Waals surface area contributed by atoms with Gasteiger partial charge in [0.25, 0.3) is 0 Å². The monoisotopic (exact) mass is 909 g/mol. The molecule has 3 aromatic heterocycles. The Balaban J connectivity index is 0.932. The number of fused-ring (bicyclic) bond motifs is 3. The third kappa shape index (κ3) is 8.95. The number of nitrogens with zero attached hydrogens (tertiary/aromatic N) is 6. The van der Waals surface area contributed by atoms with E-state index in [1.165, 1.54) is 4.90 Å². The van der Waals surface area contributed by atoms with E-state index in [4.69, 9.17) is 16.6 Å². The van der Waals surface area contributed by atoms with Gasteiger partial charge in [0.05, 0.1) is 40.2 Å². The van der Waals surface area contributed by atoms with E-state index in [2.05, 4.69) is 45.0 Å². The molecule has 5 heterocycles. The van der Waals surface area contributed by atoms with E-state index in [1.54, 1.807) is 22.7 Å². The second kappa shape index (κ2) is 17.7. The second-order valence-electron chi connectivity index (χ2n) is 17.9. The van der Waals surface area contributed by atoms with Gasteiger partial charge in [-0.15, -0.1) is 32.9 Å². The number of aliphatic hydroxyl groups is 1. The average Bonchev–Trinajstić information content (AvgIpc) is 4.00. The summed E-state index contributed by atoms with van der Waals surface area (Å²) >= 11 is 9.47. The van der Waals surface area contributed by atoms with E-state index in [0.29, 0.717) is 29.5 Å². The zero-order valence-electron chi connectivity index (χ0n) is 36.4. The fourth-order valence-corrected chi connectivity index (χ4v) is 10.7. The van der Waals surface area contributed by atoms with Crippen LogP contribution in [0.1, 0.15) is 97.0 Å². The van der Waals surface area contributed by atoms with Crippen LogP contribution in [-0.4, -0.2) is 89.9 Å². The Kier molecular flexibility index (Phi) is 12.5. The van der Waals surface area contributed by atoms with E-state index in [-0.39, 0.29) is 43.7 Å². The Labute approximate surface area is 379 Å². The predicted molar refractivity (Wildman–Crippen MR) is 244 cm³/mol. The molecule has 63 heavy (non-hydrogen) atoms. The molecule has 14 nitrogen and oxygen atoms in total. The Morgan fingerprint density at radius 2 is 1.67 bits per heavy atom. The van der Waals surface area contributed by atoms with Crippen LogP contribution in [0.4, 0.5) is 0 Å². The highest BCUT2D eigenvalue weighted by Crippen LogP contribution is 2.40. The molecule has 2 aliphatic heterocycles. The van der Waals surface area contributed by atoms with Gasteiger partial charge in [0.15, 0.2) is 5.82 Å². The molecule has 6 atom stereocenters. The van der Waals surface area contributed by atoms with Gasteiger partial charge in [0.2, 0.25) is 23.6 Å². The number of rotatable bonds is 11. The number of thiazole rings is 1. The number of aliphatic imine (C=N–C) groups is 1. The van der Waals surface area contributed by atoms with Crippen molar-refractivity contribution in [3.8, 4) is 15.4 Å². The number of carbonyl (C=O) groups excluding carboxylic acids is 4. The summed E-state index contributed by atoms with van der Waals surface area (Å²) in [5.41, 5.74) is 7.61. The van der Waals surface area contributed by atoms with Crippen LogP contribution in [0.15, 0.2) is 59.0 Å². The summed E-state index contributed by atoms with van der Waals surface area (Å²) in [6, 6.07) is 12.3. The van der Waals surface area contributed by atoms with E-state index in [9.17, 15) is 24.3 Å². The summed E-state index contributed by atoms with van der Waals surface area (Å²) in [5, 5.41) is 30.2. The maximum Gasteiger partial charge on any atom is 0.246 e. The van der Waals surface area contributed by atoms with Crippen LogP contribution in [0.3, 0.4) is 0 Å². The summed E-state index contributed by atoms with van der Waals surface area (Å²) < 4.78 is 1.99. The molecular weight excluding hydrogens is 858 g/mol. The van der Waals surface area contributed by atoms with Gasteiger partial charge in [-0.1, -0.05) is 68.8 Å². The number of benzene rings is 2. The molecule has 0 bridgehead atoms. The number of aromatic nitrogens is 4. The number of halogens is 1. The molecule has 5 aromatic rings. The van der Waals surface area contributed by atoms with Crippen molar-refractivity contribution in [3.05, 3.63) is 104 Å². The molecule has 4 N–H and O–H groups in total. The van der Waals surface area contributed by atoms with Gasteiger partial charge in [0.1, 0.15) is 29.0 Å². The van der Waals surface area contributed by atoms with E-state index >= 15 is 0 Å². The van der Waals surface area contributed by atoms with Crippen LogP contribution < -0.4 is 16.0 Å². The fourth-order valence-electron chi connectivity index (χ4n) is 8.59. The first-order valence-corrected chi connectivity index (χ1v) is 23.3. The first-order valence-electron chi connectivity index (χ1n) is 21.2. The number of hydrogen-bond donors (Lipinski definition) is 4. The van der Waals surface area contributed by atoms with Crippen molar-refractivity contribution in [2.45, 2.75) is 111 Å². The summed E-state index contributed by atoms with van der Waals surface area (Å²) in [6.07, 6.45) is 0.259. The lowest BCUT2D eigenvalue weighted by Gasteiger charge is -2.40. The normalized spacial score (nSPS) is 21.1. The largest absolute Gasteiger partial charge is 0.391 e. The van der Waals surface area contributed by atoms with E-state index in [0.717, 1.165) is 54.0 Å². The number of carbonyl (C=O) groups is 4. The van der Waals surface area contributed by atoms with Crippen LogP contribution in [-0.2, 0) is 25.7 Å². The maximum absolute atomic E-state index is 14.3. The number of hydrogen-bond acceptors (Lipinski definition) is 11. The lowest BCUT2D eigenvalue weighted by molar-refractivity contribution is -0.145. The molecule has 4 amide bonds. The van der Waals surface area contributed by atoms with Crippen molar-refractivity contribution in [3.63, 3.8) is 0 Å². The highest BCUT2D eigenvalue weighted by molar-refractivity contribution is 7.15. The average molecular weight is 911 g/mol. The summed E-state index contributed by atoms with van der Waals surface area (Å²) in [5.74, 6) is -0.815.